The zero-order valence-corrected chi connectivity index (χ0v) is 14.0. The highest BCUT2D eigenvalue weighted by Crippen LogP contribution is 2.04. The summed E-state index contributed by atoms with van der Waals surface area (Å²) in [5.74, 6) is 0. The standard InChI is InChI=1S/C13H22N2.2C2H6/c1-12(2)5-6-13(3)11-15-9-7-14(4)8-10-15;2*1-2/h5-6H,1,3,7-11H2,2,4H3;2*1-2H3/b6-5-;;. The molecule has 2 heteroatoms. The normalized spacial score (nSPS) is 16.1. The highest BCUT2D eigenvalue weighted by molar-refractivity contribution is 5.23. The van der Waals surface area contributed by atoms with E-state index in [9.17, 15) is 0 Å². The Morgan fingerprint density at radius 3 is 1.84 bits per heavy atom. The van der Waals surface area contributed by atoms with Gasteiger partial charge >= 0.3 is 0 Å². The number of hydrogen-bond acceptors (Lipinski definition) is 2. The molecule has 0 saturated carbocycles. The number of rotatable bonds is 4. The zero-order chi connectivity index (χ0) is 15.3. The Hall–Kier alpha value is -0.860. The van der Waals surface area contributed by atoms with E-state index in [1.165, 1.54) is 5.57 Å². The summed E-state index contributed by atoms with van der Waals surface area (Å²) in [5.41, 5.74) is 2.25. The van der Waals surface area contributed by atoms with E-state index in [-0.39, 0.29) is 0 Å². The molecule has 0 N–H and O–H groups in total. The van der Waals surface area contributed by atoms with Crippen molar-refractivity contribution >= 4 is 0 Å². The van der Waals surface area contributed by atoms with Gasteiger partial charge in [-0.05, 0) is 19.5 Å². The van der Waals surface area contributed by atoms with Gasteiger partial charge in [-0.15, -0.1) is 0 Å². The molecule has 0 aromatic carbocycles. The van der Waals surface area contributed by atoms with E-state index in [1.54, 1.807) is 0 Å². The number of hydrogen-bond donors (Lipinski definition) is 0. The van der Waals surface area contributed by atoms with Gasteiger partial charge in [0.15, 0.2) is 0 Å². The molecule has 1 aliphatic heterocycles. The first-order valence-corrected chi connectivity index (χ1v) is 7.50. The zero-order valence-electron chi connectivity index (χ0n) is 14.0. The Balaban J connectivity index is 0. The number of piperazine rings is 1. The molecule has 1 saturated heterocycles. The average Bonchev–Trinajstić information content (AvgIpc) is 2.44. The highest BCUT2D eigenvalue weighted by Gasteiger charge is 2.13. The molecule has 0 aromatic heterocycles. The van der Waals surface area contributed by atoms with Crippen molar-refractivity contribution in [3.63, 3.8) is 0 Å². The molecule has 0 aliphatic carbocycles. The quantitative estimate of drug-likeness (QED) is 0.710. The molecule has 0 aromatic rings. The maximum absolute atomic E-state index is 4.06. The van der Waals surface area contributed by atoms with Crippen molar-refractivity contribution < 1.29 is 0 Å². The van der Waals surface area contributed by atoms with E-state index < -0.39 is 0 Å². The molecule has 0 radical (unpaired) electrons. The molecule has 0 spiro atoms. The van der Waals surface area contributed by atoms with Crippen LogP contribution in [0.3, 0.4) is 0 Å². The fourth-order valence-electron chi connectivity index (χ4n) is 1.61. The second-order valence-corrected chi connectivity index (χ2v) is 4.42. The van der Waals surface area contributed by atoms with Gasteiger partial charge in [0.05, 0.1) is 0 Å². The van der Waals surface area contributed by atoms with Gasteiger partial charge in [-0.3, -0.25) is 4.90 Å². The lowest BCUT2D eigenvalue weighted by molar-refractivity contribution is 0.165. The summed E-state index contributed by atoms with van der Waals surface area (Å²) in [6.07, 6.45) is 4.10. The first-order chi connectivity index (χ1) is 9.08. The van der Waals surface area contributed by atoms with E-state index in [4.69, 9.17) is 0 Å². The predicted octanol–water partition coefficient (Wildman–Crippen LogP) is 3.97. The maximum atomic E-state index is 4.06. The van der Waals surface area contributed by atoms with Crippen LogP contribution in [0.15, 0.2) is 36.5 Å². The lowest BCUT2D eigenvalue weighted by atomic mass is 10.2. The third-order valence-electron chi connectivity index (χ3n) is 2.63. The molecule has 2 nitrogen and oxygen atoms in total. The summed E-state index contributed by atoms with van der Waals surface area (Å²) >= 11 is 0. The van der Waals surface area contributed by atoms with Crippen molar-refractivity contribution in [1.82, 2.24) is 9.80 Å². The lowest BCUT2D eigenvalue weighted by Crippen LogP contribution is -2.44. The van der Waals surface area contributed by atoms with Crippen molar-refractivity contribution in [3.05, 3.63) is 36.5 Å². The minimum atomic E-state index is 0.984. The molecule has 0 atom stereocenters. The molecule has 112 valence electrons. The Bertz CT molecular complexity index is 258. The van der Waals surface area contributed by atoms with Gasteiger partial charge in [-0.1, -0.05) is 58.6 Å². The maximum Gasteiger partial charge on any atom is 0.0228 e. The average molecular weight is 266 g/mol. The van der Waals surface area contributed by atoms with Gasteiger partial charge in [-0.25, -0.2) is 0 Å². The van der Waals surface area contributed by atoms with Crippen LogP contribution in [-0.4, -0.2) is 49.6 Å². The summed E-state index contributed by atoms with van der Waals surface area (Å²) in [6, 6.07) is 0. The van der Waals surface area contributed by atoms with Crippen LogP contribution in [0.2, 0.25) is 0 Å². The first-order valence-electron chi connectivity index (χ1n) is 7.50. The van der Waals surface area contributed by atoms with Crippen LogP contribution in [0.1, 0.15) is 34.6 Å². The summed E-state index contributed by atoms with van der Waals surface area (Å²) < 4.78 is 0. The Kier molecular flexibility index (Phi) is 14.6. The summed E-state index contributed by atoms with van der Waals surface area (Å²) in [5, 5.41) is 0. The van der Waals surface area contributed by atoms with Gasteiger partial charge in [0.25, 0.3) is 0 Å². The van der Waals surface area contributed by atoms with Crippen LogP contribution in [0.25, 0.3) is 0 Å². The van der Waals surface area contributed by atoms with E-state index >= 15 is 0 Å². The highest BCUT2D eigenvalue weighted by atomic mass is 15.2. The van der Waals surface area contributed by atoms with Crippen LogP contribution in [-0.2, 0) is 0 Å². The van der Waals surface area contributed by atoms with Crippen LogP contribution >= 0.6 is 0 Å². The molecule has 1 fully saturated rings. The fraction of sp³-hybridized carbons (Fsp3) is 0.647. The molecule has 0 bridgehead atoms. The van der Waals surface area contributed by atoms with Gasteiger partial charge in [0, 0.05) is 32.7 Å². The molecular formula is C17H34N2. The second kappa shape index (κ2) is 13.6. The van der Waals surface area contributed by atoms with Gasteiger partial charge < -0.3 is 4.90 Å². The molecule has 0 amide bonds. The largest absolute Gasteiger partial charge is 0.304 e. The fourth-order valence-corrected chi connectivity index (χ4v) is 1.61. The third kappa shape index (κ3) is 11.9. The number of allylic oxidation sites excluding steroid dienone is 2. The molecule has 1 heterocycles. The third-order valence-corrected chi connectivity index (χ3v) is 2.63. The monoisotopic (exact) mass is 266 g/mol. The predicted molar refractivity (Wildman–Crippen MR) is 89.7 cm³/mol. The lowest BCUT2D eigenvalue weighted by Gasteiger charge is -2.32. The van der Waals surface area contributed by atoms with E-state index in [0.717, 1.165) is 38.3 Å². The Morgan fingerprint density at radius 1 is 0.947 bits per heavy atom. The summed E-state index contributed by atoms with van der Waals surface area (Å²) in [6.45, 7) is 23.5. The molecule has 1 aliphatic rings. The second-order valence-electron chi connectivity index (χ2n) is 4.42. The van der Waals surface area contributed by atoms with Gasteiger partial charge in [0.2, 0.25) is 0 Å². The molecule has 0 unspecified atom stereocenters. The SMILES string of the molecule is C=C(C)/C=C\C(=C)CN1CCN(C)CC1.CC.CC. The van der Waals surface area contributed by atoms with Crippen molar-refractivity contribution in [3.8, 4) is 0 Å². The smallest absolute Gasteiger partial charge is 0.0228 e. The van der Waals surface area contributed by atoms with Crippen molar-refractivity contribution in [2.24, 2.45) is 0 Å². The van der Waals surface area contributed by atoms with Gasteiger partial charge in [0.1, 0.15) is 0 Å². The van der Waals surface area contributed by atoms with Crippen LogP contribution in [0.5, 0.6) is 0 Å². The molecule has 19 heavy (non-hydrogen) atoms. The number of nitrogens with zero attached hydrogens (tertiary/aromatic N) is 2. The minimum absolute atomic E-state index is 0.984. The van der Waals surface area contributed by atoms with Crippen LogP contribution in [0, 0.1) is 0 Å². The minimum Gasteiger partial charge on any atom is -0.304 e. The van der Waals surface area contributed by atoms with Crippen LogP contribution < -0.4 is 0 Å². The van der Waals surface area contributed by atoms with E-state index in [0.29, 0.717) is 0 Å². The van der Waals surface area contributed by atoms with Crippen molar-refractivity contribution in [2.45, 2.75) is 34.6 Å². The van der Waals surface area contributed by atoms with E-state index in [1.807, 2.05) is 40.7 Å². The Morgan fingerprint density at radius 2 is 1.42 bits per heavy atom. The van der Waals surface area contributed by atoms with Crippen molar-refractivity contribution in [2.75, 3.05) is 39.8 Å². The molecule has 1 rings (SSSR count). The van der Waals surface area contributed by atoms with Crippen molar-refractivity contribution in [1.29, 1.82) is 0 Å². The van der Waals surface area contributed by atoms with Crippen LogP contribution in [0.4, 0.5) is 0 Å². The first kappa shape index (κ1) is 20.5. The summed E-state index contributed by atoms with van der Waals surface area (Å²) in [7, 11) is 2.17. The topological polar surface area (TPSA) is 6.48 Å². The number of likely N-dealkylation sites (N-methyl/N-ethyl adjacent to an activating group) is 1. The van der Waals surface area contributed by atoms with E-state index in [2.05, 4.69) is 36.1 Å². The molecular weight excluding hydrogens is 232 g/mol. The van der Waals surface area contributed by atoms with Gasteiger partial charge in [-0.2, -0.15) is 0 Å². The summed E-state index contributed by atoms with van der Waals surface area (Å²) in [4.78, 5) is 4.81. The Labute approximate surface area is 121 Å².